The standard InChI is InChI=1S/C21H25N3O/c1-14-22-13-19(20(24-14)16-6-3-2-4-7-16)21(25)23-12-17-11-10-15-8-5-9-18(15)17/h2-4,6-7,13,15,17-18H,5,8-12H2,1H3,(H,23,25)/t15-,17+,18-/m0/s1. The summed E-state index contributed by atoms with van der Waals surface area (Å²) in [5, 5.41) is 3.16. The molecule has 3 atom stereocenters. The third-order valence-corrected chi connectivity index (χ3v) is 5.96. The minimum Gasteiger partial charge on any atom is -0.352 e. The van der Waals surface area contributed by atoms with Crippen LogP contribution in [-0.2, 0) is 0 Å². The van der Waals surface area contributed by atoms with Gasteiger partial charge in [-0.15, -0.1) is 0 Å². The summed E-state index contributed by atoms with van der Waals surface area (Å²) in [5.74, 6) is 3.00. The molecule has 0 bridgehead atoms. The highest BCUT2D eigenvalue weighted by Gasteiger charge is 2.38. The molecule has 1 aromatic carbocycles. The maximum atomic E-state index is 12.8. The van der Waals surface area contributed by atoms with Gasteiger partial charge in [-0.2, -0.15) is 0 Å². The first-order valence-electron chi connectivity index (χ1n) is 9.39. The van der Waals surface area contributed by atoms with Gasteiger partial charge in [-0.3, -0.25) is 4.79 Å². The molecule has 2 aliphatic rings. The molecule has 1 N–H and O–H groups in total. The summed E-state index contributed by atoms with van der Waals surface area (Å²) in [6.07, 6.45) is 8.35. The lowest BCUT2D eigenvalue weighted by atomic mass is 9.92. The molecule has 0 aliphatic heterocycles. The summed E-state index contributed by atoms with van der Waals surface area (Å²) >= 11 is 0. The minimum atomic E-state index is -0.0553. The van der Waals surface area contributed by atoms with Crippen molar-refractivity contribution >= 4 is 5.91 Å². The fraction of sp³-hybridized carbons (Fsp3) is 0.476. The molecule has 2 saturated carbocycles. The molecule has 0 saturated heterocycles. The van der Waals surface area contributed by atoms with Crippen molar-refractivity contribution in [2.75, 3.05) is 6.54 Å². The van der Waals surface area contributed by atoms with Crippen LogP contribution in [0.15, 0.2) is 36.5 Å². The van der Waals surface area contributed by atoms with E-state index in [1.54, 1.807) is 6.20 Å². The molecule has 4 rings (SSSR count). The molecular weight excluding hydrogens is 310 g/mol. The Morgan fingerprint density at radius 1 is 1.16 bits per heavy atom. The van der Waals surface area contributed by atoms with Gasteiger partial charge in [0.15, 0.2) is 0 Å². The number of nitrogens with zero attached hydrogens (tertiary/aromatic N) is 2. The molecule has 0 spiro atoms. The average Bonchev–Trinajstić information content (AvgIpc) is 3.24. The quantitative estimate of drug-likeness (QED) is 0.918. The van der Waals surface area contributed by atoms with Gasteiger partial charge in [0, 0.05) is 18.3 Å². The highest BCUT2D eigenvalue weighted by atomic mass is 16.1. The molecule has 2 aliphatic carbocycles. The van der Waals surface area contributed by atoms with E-state index in [1.807, 2.05) is 37.3 Å². The van der Waals surface area contributed by atoms with Crippen LogP contribution in [-0.4, -0.2) is 22.4 Å². The van der Waals surface area contributed by atoms with E-state index >= 15 is 0 Å². The zero-order valence-electron chi connectivity index (χ0n) is 14.7. The van der Waals surface area contributed by atoms with Crippen molar-refractivity contribution in [2.45, 2.75) is 39.0 Å². The molecule has 4 nitrogen and oxygen atoms in total. The number of carbonyl (C=O) groups excluding carboxylic acids is 1. The van der Waals surface area contributed by atoms with Gasteiger partial charge in [-0.1, -0.05) is 43.2 Å². The molecule has 0 unspecified atom stereocenters. The van der Waals surface area contributed by atoms with Crippen LogP contribution in [0.1, 0.15) is 48.3 Å². The molecule has 1 amide bonds. The summed E-state index contributed by atoms with van der Waals surface area (Å²) < 4.78 is 0. The molecular formula is C21H25N3O. The number of hydrogen-bond donors (Lipinski definition) is 1. The Kier molecular flexibility index (Phi) is 4.51. The lowest BCUT2D eigenvalue weighted by Crippen LogP contribution is -2.31. The van der Waals surface area contributed by atoms with Gasteiger partial charge < -0.3 is 5.32 Å². The van der Waals surface area contributed by atoms with Gasteiger partial charge in [0.1, 0.15) is 5.82 Å². The summed E-state index contributed by atoms with van der Waals surface area (Å²) in [5.41, 5.74) is 2.24. The number of rotatable bonds is 4. The van der Waals surface area contributed by atoms with Crippen LogP contribution in [0.4, 0.5) is 0 Å². The van der Waals surface area contributed by atoms with E-state index in [2.05, 4.69) is 15.3 Å². The zero-order valence-corrected chi connectivity index (χ0v) is 14.7. The number of fused-ring (bicyclic) bond motifs is 1. The number of aryl methyl sites for hydroxylation is 1. The van der Waals surface area contributed by atoms with Gasteiger partial charge >= 0.3 is 0 Å². The van der Waals surface area contributed by atoms with E-state index < -0.39 is 0 Å². The maximum Gasteiger partial charge on any atom is 0.255 e. The highest BCUT2D eigenvalue weighted by Crippen LogP contribution is 2.47. The maximum absolute atomic E-state index is 12.8. The van der Waals surface area contributed by atoms with Crippen LogP contribution in [0.25, 0.3) is 11.3 Å². The van der Waals surface area contributed by atoms with Crippen molar-refractivity contribution in [2.24, 2.45) is 17.8 Å². The normalized spacial score (nSPS) is 24.9. The van der Waals surface area contributed by atoms with Crippen LogP contribution in [0, 0.1) is 24.7 Å². The van der Waals surface area contributed by atoms with E-state index in [9.17, 15) is 4.79 Å². The number of hydrogen-bond acceptors (Lipinski definition) is 3. The van der Waals surface area contributed by atoms with E-state index in [4.69, 9.17) is 0 Å². The van der Waals surface area contributed by atoms with Crippen LogP contribution in [0.3, 0.4) is 0 Å². The average molecular weight is 335 g/mol. The lowest BCUT2D eigenvalue weighted by molar-refractivity contribution is 0.0943. The second kappa shape index (κ2) is 6.95. The second-order valence-corrected chi connectivity index (χ2v) is 7.45. The third kappa shape index (κ3) is 3.30. The first-order valence-corrected chi connectivity index (χ1v) is 9.39. The monoisotopic (exact) mass is 335 g/mol. The topological polar surface area (TPSA) is 54.9 Å². The number of benzene rings is 1. The van der Waals surface area contributed by atoms with Gasteiger partial charge in [0.25, 0.3) is 5.91 Å². The summed E-state index contributed by atoms with van der Waals surface area (Å²) in [7, 11) is 0. The van der Waals surface area contributed by atoms with Gasteiger partial charge in [0.2, 0.25) is 0 Å². The summed E-state index contributed by atoms with van der Waals surface area (Å²) in [6, 6.07) is 9.87. The van der Waals surface area contributed by atoms with Crippen LogP contribution >= 0.6 is 0 Å². The Morgan fingerprint density at radius 2 is 2.00 bits per heavy atom. The molecule has 25 heavy (non-hydrogen) atoms. The first kappa shape index (κ1) is 16.2. The third-order valence-electron chi connectivity index (χ3n) is 5.96. The second-order valence-electron chi connectivity index (χ2n) is 7.45. The van der Waals surface area contributed by atoms with E-state index in [0.717, 1.165) is 29.6 Å². The van der Waals surface area contributed by atoms with Crippen LogP contribution in [0.5, 0.6) is 0 Å². The highest BCUT2D eigenvalue weighted by molar-refractivity contribution is 5.99. The Hall–Kier alpha value is -2.23. The van der Waals surface area contributed by atoms with Crippen molar-refractivity contribution in [1.29, 1.82) is 0 Å². The van der Waals surface area contributed by atoms with Crippen molar-refractivity contribution in [3.8, 4) is 11.3 Å². The van der Waals surface area contributed by atoms with Gasteiger partial charge in [0.05, 0.1) is 11.3 Å². The fourth-order valence-electron chi connectivity index (χ4n) is 4.71. The molecule has 2 aromatic rings. The number of amides is 1. The lowest BCUT2D eigenvalue weighted by Gasteiger charge is -2.19. The number of carbonyl (C=O) groups is 1. The van der Waals surface area contributed by atoms with Gasteiger partial charge in [-0.25, -0.2) is 9.97 Å². The predicted molar refractivity (Wildman–Crippen MR) is 98.1 cm³/mol. The number of aromatic nitrogens is 2. The Morgan fingerprint density at radius 3 is 2.84 bits per heavy atom. The van der Waals surface area contributed by atoms with E-state index in [1.165, 1.54) is 32.1 Å². The Bertz CT molecular complexity index is 759. The molecule has 4 heteroatoms. The fourth-order valence-corrected chi connectivity index (χ4v) is 4.71. The largest absolute Gasteiger partial charge is 0.352 e. The van der Waals surface area contributed by atoms with Crippen molar-refractivity contribution in [3.05, 3.63) is 47.9 Å². The summed E-state index contributed by atoms with van der Waals surface area (Å²) in [4.78, 5) is 21.6. The van der Waals surface area contributed by atoms with Crippen molar-refractivity contribution < 1.29 is 4.79 Å². The smallest absolute Gasteiger partial charge is 0.255 e. The molecule has 130 valence electrons. The molecule has 2 fully saturated rings. The van der Waals surface area contributed by atoms with Crippen LogP contribution in [0.2, 0.25) is 0 Å². The summed E-state index contributed by atoms with van der Waals surface area (Å²) in [6.45, 7) is 2.63. The first-order chi connectivity index (χ1) is 12.2. The molecule has 1 aromatic heterocycles. The molecule has 1 heterocycles. The van der Waals surface area contributed by atoms with Crippen LogP contribution < -0.4 is 5.32 Å². The Labute approximate surface area is 149 Å². The predicted octanol–water partition coefficient (Wildman–Crippen LogP) is 4.01. The SMILES string of the molecule is Cc1ncc(C(=O)NC[C@H]2CC[C@@H]3CCC[C@@H]32)c(-c2ccccc2)n1. The van der Waals surface area contributed by atoms with E-state index in [0.29, 0.717) is 17.3 Å². The molecule has 0 radical (unpaired) electrons. The zero-order chi connectivity index (χ0) is 17.2. The minimum absolute atomic E-state index is 0.0553. The van der Waals surface area contributed by atoms with Crippen molar-refractivity contribution in [1.82, 2.24) is 15.3 Å². The van der Waals surface area contributed by atoms with Crippen molar-refractivity contribution in [3.63, 3.8) is 0 Å². The Balaban J connectivity index is 1.50. The van der Waals surface area contributed by atoms with E-state index in [-0.39, 0.29) is 5.91 Å². The number of nitrogens with one attached hydrogen (secondary N) is 1. The van der Waals surface area contributed by atoms with Gasteiger partial charge in [-0.05, 0) is 43.9 Å².